The largest absolute Gasteiger partial charge is 0.466 e. The van der Waals surface area contributed by atoms with E-state index in [1.165, 1.54) is 263 Å². The van der Waals surface area contributed by atoms with Gasteiger partial charge >= 0.3 is 5.97 Å². The SMILES string of the molecule is CCCCCCCC/C=C\CCCCCCCC(=O)OCCCCCCCCCCCCCCCCCCCCCCCCCCCC(=O)NC(CO)C(O)/C=C/CCCCCCCCCCC. The Balaban J connectivity index is 3.35. The molecule has 2 unspecified atom stereocenters. The molecule has 68 heavy (non-hydrogen) atoms. The summed E-state index contributed by atoms with van der Waals surface area (Å²) in [6, 6.07) is -0.625. The van der Waals surface area contributed by atoms with Gasteiger partial charge in [-0.1, -0.05) is 289 Å². The van der Waals surface area contributed by atoms with Gasteiger partial charge in [0.05, 0.1) is 25.4 Å². The van der Waals surface area contributed by atoms with Crippen molar-refractivity contribution in [2.45, 2.75) is 347 Å². The summed E-state index contributed by atoms with van der Waals surface area (Å²) < 4.78 is 5.48. The van der Waals surface area contributed by atoms with E-state index in [0.29, 0.717) is 19.4 Å². The molecule has 1 amide bonds. The summed E-state index contributed by atoms with van der Waals surface area (Å²) >= 11 is 0. The summed E-state index contributed by atoms with van der Waals surface area (Å²) in [5.41, 5.74) is 0. The fourth-order valence-electron chi connectivity index (χ4n) is 9.51. The fourth-order valence-corrected chi connectivity index (χ4v) is 9.51. The first-order valence-corrected chi connectivity index (χ1v) is 30.6. The summed E-state index contributed by atoms with van der Waals surface area (Å²) in [6.45, 7) is 4.90. The van der Waals surface area contributed by atoms with Crippen LogP contribution >= 0.6 is 0 Å². The van der Waals surface area contributed by atoms with Crippen molar-refractivity contribution in [2.75, 3.05) is 13.2 Å². The van der Waals surface area contributed by atoms with Crippen LogP contribution in [0.5, 0.6) is 0 Å². The van der Waals surface area contributed by atoms with Gasteiger partial charge in [-0.3, -0.25) is 9.59 Å². The maximum absolute atomic E-state index is 12.4. The smallest absolute Gasteiger partial charge is 0.305 e. The first-order chi connectivity index (χ1) is 33.5. The van der Waals surface area contributed by atoms with Gasteiger partial charge in [-0.05, 0) is 57.8 Å². The quantitative estimate of drug-likeness (QED) is 0.0321. The number of esters is 1. The number of unbranched alkanes of at least 4 members (excludes halogenated alkanes) is 44. The van der Waals surface area contributed by atoms with Crippen molar-refractivity contribution < 1.29 is 24.5 Å². The Morgan fingerprint density at radius 2 is 0.691 bits per heavy atom. The number of aliphatic hydroxyl groups excluding tert-OH is 2. The van der Waals surface area contributed by atoms with E-state index < -0.39 is 12.1 Å². The van der Waals surface area contributed by atoms with Gasteiger partial charge in [-0.25, -0.2) is 0 Å². The molecule has 402 valence electrons. The molecule has 3 N–H and O–H groups in total. The van der Waals surface area contributed by atoms with Crippen LogP contribution in [0, 0.1) is 0 Å². The lowest BCUT2D eigenvalue weighted by Gasteiger charge is -2.20. The summed E-state index contributed by atoms with van der Waals surface area (Å²) in [5.74, 6) is -0.0585. The van der Waals surface area contributed by atoms with E-state index in [0.717, 1.165) is 44.9 Å². The molecule has 0 aromatic carbocycles. The molecule has 0 spiro atoms. The zero-order valence-electron chi connectivity index (χ0n) is 45.9. The van der Waals surface area contributed by atoms with E-state index >= 15 is 0 Å². The second-order valence-electron chi connectivity index (χ2n) is 21.0. The van der Waals surface area contributed by atoms with E-state index in [1.54, 1.807) is 6.08 Å². The van der Waals surface area contributed by atoms with Crippen LogP contribution in [0.1, 0.15) is 335 Å². The molecule has 6 heteroatoms. The van der Waals surface area contributed by atoms with Crippen LogP contribution in [-0.4, -0.2) is 47.4 Å². The number of hydrogen-bond acceptors (Lipinski definition) is 5. The average molecular weight is 959 g/mol. The van der Waals surface area contributed by atoms with Crippen molar-refractivity contribution in [2.24, 2.45) is 0 Å². The maximum atomic E-state index is 12.4. The minimum Gasteiger partial charge on any atom is -0.466 e. The Morgan fingerprint density at radius 3 is 1.04 bits per heavy atom. The van der Waals surface area contributed by atoms with Gasteiger partial charge < -0.3 is 20.3 Å². The number of aliphatic hydroxyl groups is 2. The fraction of sp³-hybridized carbons (Fsp3) is 0.903. The molecular weight excluding hydrogens is 839 g/mol. The zero-order chi connectivity index (χ0) is 49.3. The van der Waals surface area contributed by atoms with Crippen molar-refractivity contribution in [3.05, 3.63) is 24.3 Å². The molecule has 0 aliphatic rings. The number of carbonyl (C=O) groups excluding carboxylic acids is 2. The lowest BCUT2D eigenvalue weighted by atomic mass is 10.0. The Morgan fingerprint density at radius 1 is 0.397 bits per heavy atom. The van der Waals surface area contributed by atoms with Crippen molar-refractivity contribution in [1.82, 2.24) is 5.32 Å². The van der Waals surface area contributed by atoms with Crippen LogP contribution in [0.3, 0.4) is 0 Å². The standard InChI is InChI=1S/C62H119NO5/c1-3-5-7-9-11-13-15-16-28-32-36-40-44-48-52-56-62(67)68-57-53-49-45-41-37-33-30-27-25-23-21-19-17-18-20-22-24-26-29-31-35-39-43-47-51-55-61(66)63-59(58-64)60(65)54-50-46-42-38-34-14-12-10-8-6-4-2/h16,28,50,54,59-60,64-65H,3-15,17-27,29-49,51-53,55-58H2,1-2H3,(H,63,66)/b28-16-,54-50+. The molecule has 0 rings (SSSR count). The van der Waals surface area contributed by atoms with Gasteiger partial charge in [0.15, 0.2) is 0 Å². The van der Waals surface area contributed by atoms with E-state index in [2.05, 4.69) is 31.3 Å². The first-order valence-electron chi connectivity index (χ1n) is 30.6. The van der Waals surface area contributed by atoms with Gasteiger partial charge in [-0.15, -0.1) is 0 Å². The average Bonchev–Trinajstić information content (AvgIpc) is 3.34. The van der Waals surface area contributed by atoms with Crippen molar-refractivity contribution in [3.63, 3.8) is 0 Å². The third-order valence-electron chi connectivity index (χ3n) is 14.2. The second-order valence-corrected chi connectivity index (χ2v) is 21.0. The molecule has 0 fully saturated rings. The van der Waals surface area contributed by atoms with Crippen molar-refractivity contribution >= 4 is 11.9 Å². The van der Waals surface area contributed by atoms with E-state index in [1.807, 2.05) is 6.08 Å². The first kappa shape index (κ1) is 66.3. The molecule has 0 heterocycles. The third-order valence-corrected chi connectivity index (χ3v) is 14.2. The molecule has 0 aliphatic carbocycles. The van der Waals surface area contributed by atoms with Crippen LogP contribution in [0.25, 0.3) is 0 Å². The van der Waals surface area contributed by atoms with Crippen LogP contribution in [0.2, 0.25) is 0 Å². The van der Waals surface area contributed by atoms with E-state index in [4.69, 9.17) is 4.74 Å². The lowest BCUT2D eigenvalue weighted by Crippen LogP contribution is -2.45. The number of amides is 1. The monoisotopic (exact) mass is 958 g/mol. The summed E-state index contributed by atoms with van der Waals surface area (Å²) in [7, 11) is 0. The minimum absolute atomic E-state index is 0.00812. The molecule has 0 aromatic heterocycles. The van der Waals surface area contributed by atoms with Gasteiger partial charge in [0.1, 0.15) is 0 Å². The Kier molecular flexibility index (Phi) is 56.5. The molecule has 6 nitrogen and oxygen atoms in total. The normalized spacial score (nSPS) is 12.7. The molecular formula is C62H119NO5. The number of ether oxygens (including phenoxy) is 1. The molecule has 2 atom stereocenters. The van der Waals surface area contributed by atoms with Crippen LogP contribution in [0.15, 0.2) is 24.3 Å². The number of nitrogens with one attached hydrogen (secondary N) is 1. The van der Waals surface area contributed by atoms with Crippen molar-refractivity contribution in [1.29, 1.82) is 0 Å². The van der Waals surface area contributed by atoms with Crippen LogP contribution < -0.4 is 5.32 Å². The molecule has 0 saturated carbocycles. The summed E-state index contributed by atoms with van der Waals surface area (Å²) in [6.07, 6.45) is 70.8. The number of hydrogen-bond donors (Lipinski definition) is 3. The predicted molar refractivity (Wildman–Crippen MR) is 296 cm³/mol. The zero-order valence-corrected chi connectivity index (χ0v) is 45.9. The maximum Gasteiger partial charge on any atom is 0.305 e. The van der Waals surface area contributed by atoms with E-state index in [9.17, 15) is 19.8 Å². The number of carbonyl (C=O) groups is 2. The van der Waals surface area contributed by atoms with E-state index in [-0.39, 0.29) is 18.5 Å². The molecule has 0 radical (unpaired) electrons. The van der Waals surface area contributed by atoms with Crippen LogP contribution in [-0.2, 0) is 14.3 Å². The second kappa shape index (κ2) is 57.9. The minimum atomic E-state index is -0.841. The Hall–Kier alpha value is -1.66. The molecule has 0 aliphatic heterocycles. The van der Waals surface area contributed by atoms with Gasteiger partial charge in [0.2, 0.25) is 5.91 Å². The van der Waals surface area contributed by atoms with Gasteiger partial charge in [0.25, 0.3) is 0 Å². The number of allylic oxidation sites excluding steroid dienone is 3. The number of rotatable bonds is 57. The van der Waals surface area contributed by atoms with Gasteiger partial charge in [0, 0.05) is 12.8 Å². The highest BCUT2D eigenvalue weighted by Crippen LogP contribution is 2.17. The summed E-state index contributed by atoms with van der Waals surface area (Å²) in [5, 5.41) is 23.0. The molecule has 0 saturated heterocycles. The highest BCUT2D eigenvalue weighted by Gasteiger charge is 2.18. The highest BCUT2D eigenvalue weighted by molar-refractivity contribution is 5.76. The van der Waals surface area contributed by atoms with Crippen molar-refractivity contribution in [3.8, 4) is 0 Å². The highest BCUT2D eigenvalue weighted by atomic mass is 16.5. The third kappa shape index (κ3) is 53.7. The summed E-state index contributed by atoms with van der Waals surface area (Å²) in [4.78, 5) is 24.5. The predicted octanol–water partition coefficient (Wildman–Crippen LogP) is 19.0. The topological polar surface area (TPSA) is 95.9 Å². The van der Waals surface area contributed by atoms with Gasteiger partial charge in [-0.2, -0.15) is 0 Å². The lowest BCUT2D eigenvalue weighted by molar-refractivity contribution is -0.143. The Bertz CT molecular complexity index is 1060. The molecule has 0 bridgehead atoms. The van der Waals surface area contributed by atoms with Crippen LogP contribution in [0.4, 0.5) is 0 Å². The molecule has 0 aromatic rings. The Labute approximate surface area is 424 Å².